The van der Waals surface area contributed by atoms with E-state index in [0.717, 1.165) is 37.9 Å². The number of aliphatic hydroxyl groups is 1. The molecule has 1 saturated heterocycles. The lowest BCUT2D eigenvalue weighted by Gasteiger charge is -2.40. The summed E-state index contributed by atoms with van der Waals surface area (Å²) in [7, 11) is 0. The minimum absolute atomic E-state index is 0.580. The highest BCUT2D eigenvalue weighted by Gasteiger charge is 2.34. The standard InChI is InChI=1S/C18H29NO/c1-4-5-6-16-7-9-17(10-8-16)18(20)11-13-19(14-12-18)15(2)3/h7-10,15,20H,4-6,11-14H2,1-3H3. The van der Waals surface area contributed by atoms with Gasteiger partial charge in [0.1, 0.15) is 0 Å². The van der Waals surface area contributed by atoms with Gasteiger partial charge in [-0.05, 0) is 50.7 Å². The van der Waals surface area contributed by atoms with E-state index in [2.05, 4.69) is 49.9 Å². The van der Waals surface area contributed by atoms with Crippen molar-refractivity contribution < 1.29 is 5.11 Å². The molecule has 0 amide bonds. The van der Waals surface area contributed by atoms with E-state index in [-0.39, 0.29) is 0 Å². The lowest BCUT2D eigenvalue weighted by atomic mass is 9.83. The number of unbranched alkanes of at least 4 members (excludes halogenated alkanes) is 1. The summed E-state index contributed by atoms with van der Waals surface area (Å²) in [6.07, 6.45) is 5.32. The molecule has 1 aromatic rings. The zero-order valence-corrected chi connectivity index (χ0v) is 13.2. The number of rotatable bonds is 5. The van der Waals surface area contributed by atoms with Crippen LogP contribution in [0, 0.1) is 0 Å². The molecular formula is C18H29NO. The van der Waals surface area contributed by atoms with Crippen LogP contribution in [0.2, 0.25) is 0 Å². The summed E-state index contributed by atoms with van der Waals surface area (Å²) >= 11 is 0. The fourth-order valence-electron chi connectivity index (χ4n) is 3.06. The van der Waals surface area contributed by atoms with E-state index in [1.54, 1.807) is 0 Å². The first-order valence-electron chi connectivity index (χ1n) is 8.11. The minimum Gasteiger partial charge on any atom is -0.385 e. The van der Waals surface area contributed by atoms with Gasteiger partial charge < -0.3 is 10.0 Å². The van der Waals surface area contributed by atoms with E-state index >= 15 is 0 Å². The molecule has 2 rings (SSSR count). The highest BCUT2D eigenvalue weighted by atomic mass is 16.3. The third-order valence-corrected chi connectivity index (χ3v) is 4.67. The molecule has 1 N–H and O–H groups in total. The fraction of sp³-hybridized carbons (Fsp3) is 0.667. The monoisotopic (exact) mass is 275 g/mol. The summed E-state index contributed by atoms with van der Waals surface area (Å²) in [6.45, 7) is 8.66. The van der Waals surface area contributed by atoms with Crippen molar-refractivity contribution >= 4 is 0 Å². The van der Waals surface area contributed by atoms with Crippen LogP contribution in [0.1, 0.15) is 57.6 Å². The molecule has 0 atom stereocenters. The van der Waals surface area contributed by atoms with Crippen LogP contribution >= 0.6 is 0 Å². The van der Waals surface area contributed by atoms with Gasteiger partial charge in [0.25, 0.3) is 0 Å². The Morgan fingerprint density at radius 1 is 1.15 bits per heavy atom. The van der Waals surface area contributed by atoms with E-state index in [4.69, 9.17) is 0 Å². The average molecular weight is 275 g/mol. The molecule has 0 bridgehead atoms. The number of benzene rings is 1. The molecule has 1 fully saturated rings. The Kier molecular flexibility index (Phi) is 5.22. The maximum absolute atomic E-state index is 10.9. The molecule has 0 saturated carbocycles. The van der Waals surface area contributed by atoms with Crippen LogP contribution in [-0.4, -0.2) is 29.1 Å². The second kappa shape index (κ2) is 6.73. The summed E-state index contributed by atoms with van der Waals surface area (Å²) in [4.78, 5) is 2.45. The Balaban J connectivity index is 2.00. The molecule has 2 heteroatoms. The number of piperidine rings is 1. The van der Waals surface area contributed by atoms with E-state index in [1.165, 1.54) is 18.4 Å². The number of hydrogen-bond acceptors (Lipinski definition) is 2. The van der Waals surface area contributed by atoms with Crippen LogP contribution in [0.25, 0.3) is 0 Å². The second-order valence-corrected chi connectivity index (χ2v) is 6.46. The number of hydrogen-bond donors (Lipinski definition) is 1. The van der Waals surface area contributed by atoms with Gasteiger partial charge in [-0.15, -0.1) is 0 Å². The van der Waals surface area contributed by atoms with Crippen LogP contribution in [0.4, 0.5) is 0 Å². The lowest BCUT2D eigenvalue weighted by Crippen LogP contribution is -2.45. The van der Waals surface area contributed by atoms with Gasteiger partial charge >= 0.3 is 0 Å². The zero-order chi connectivity index (χ0) is 14.6. The third kappa shape index (κ3) is 3.62. The molecule has 0 aromatic heterocycles. The van der Waals surface area contributed by atoms with Crippen molar-refractivity contribution in [3.63, 3.8) is 0 Å². The smallest absolute Gasteiger partial charge is 0.0920 e. The Morgan fingerprint density at radius 2 is 1.75 bits per heavy atom. The molecule has 1 aliphatic heterocycles. The summed E-state index contributed by atoms with van der Waals surface area (Å²) in [5.41, 5.74) is 1.87. The van der Waals surface area contributed by atoms with Crippen LogP contribution in [0.3, 0.4) is 0 Å². The van der Waals surface area contributed by atoms with Gasteiger partial charge in [-0.2, -0.15) is 0 Å². The van der Waals surface area contributed by atoms with Gasteiger partial charge in [0, 0.05) is 19.1 Å². The van der Waals surface area contributed by atoms with Crippen molar-refractivity contribution in [1.82, 2.24) is 4.90 Å². The van der Waals surface area contributed by atoms with Gasteiger partial charge in [-0.1, -0.05) is 37.6 Å². The summed E-state index contributed by atoms with van der Waals surface area (Å²) in [6, 6.07) is 9.23. The third-order valence-electron chi connectivity index (χ3n) is 4.67. The van der Waals surface area contributed by atoms with Gasteiger partial charge in [0.15, 0.2) is 0 Å². The van der Waals surface area contributed by atoms with E-state index in [1.807, 2.05) is 0 Å². The van der Waals surface area contributed by atoms with Gasteiger partial charge in [0.05, 0.1) is 5.60 Å². The van der Waals surface area contributed by atoms with Gasteiger partial charge in [-0.25, -0.2) is 0 Å². The first-order valence-corrected chi connectivity index (χ1v) is 8.11. The van der Waals surface area contributed by atoms with Gasteiger partial charge in [-0.3, -0.25) is 0 Å². The predicted molar refractivity (Wildman–Crippen MR) is 84.9 cm³/mol. The van der Waals surface area contributed by atoms with Crippen LogP contribution < -0.4 is 0 Å². The van der Waals surface area contributed by atoms with Crippen molar-refractivity contribution in [1.29, 1.82) is 0 Å². The molecule has 0 aliphatic carbocycles. The average Bonchev–Trinajstić information content (AvgIpc) is 2.46. The van der Waals surface area contributed by atoms with E-state index in [0.29, 0.717) is 6.04 Å². The lowest BCUT2D eigenvalue weighted by molar-refractivity contribution is -0.0323. The number of nitrogens with zero attached hydrogens (tertiary/aromatic N) is 1. The van der Waals surface area contributed by atoms with E-state index < -0.39 is 5.60 Å². The summed E-state index contributed by atoms with van der Waals surface area (Å²) < 4.78 is 0. The number of aryl methyl sites for hydroxylation is 1. The Labute approximate surface area is 123 Å². The van der Waals surface area contributed by atoms with Crippen LogP contribution in [0.5, 0.6) is 0 Å². The maximum atomic E-state index is 10.9. The first-order chi connectivity index (χ1) is 9.55. The molecule has 112 valence electrons. The molecular weight excluding hydrogens is 246 g/mol. The van der Waals surface area contributed by atoms with Crippen LogP contribution in [-0.2, 0) is 12.0 Å². The largest absolute Gasteiger partial charge is 0.385 e. The van der Waals surface area contributed by atoms with Crippen LogP contribution in [0.15, 0.2) is 24.3 Å². The highest BCUT2D eigenvalue weighted by Crippen LogP contribution is 2.33. The molecule has 1 heterocycles. The summed E-state index contributed by atoms with van der Waals surface area (Å²) in [5, 5.41) is 10.9. The second-order valence-electron chi connectivity index (χ2n) is 6.46. The Morgan fingerprint density at radius 3 is 2.25 bits per heavy atom. The Bertz CT molecular complexity index is 402. The quantitative estimate of drug-likeness (QED) is 0.885. The molecule has 2 nitrogen and oxygen atoms in total. The maximum Gasteiger partial charge on any atom is 0.0920 e. The molecule has 0 spiro atoms. The highest BCUT2D eigenvalue weighted by molar-refractivity contribution is 5.28. The normalized spacial score (nSPS) is 19.4. The van der Waals surface area contributed by atoms with E-state index in [9.17, 15) is 5.11 Å². The molecule has 20 heavy (non-hydrogen) atoms. The summed E-state index contributed by atoms with van der Waals surface area (Å²) in [5.74, 6) is 0. The molecule has 1 aliphatic rings. The Hall–Kier alpha value is -0.860. The first kappa shape index (κ1) is 15.5. The minimum atomic E-state index is -0.616. The van der Waals surface area contributed by atoms with Crippen molar-refractivity contribution in [2.75, 3.05) is 13.1 Å². The zero-order valence-electron chi connectivity index (χ0n) is 13.2. The van der Waals surface area contributed by atoms with Crippen molar-refractivity contribution in [2.45, 2.75) is 64.5 Å². The van der Waals surface area contributed by atoms with Crippen molar-refractivity contribution in [3.05, 3.63) is 35.4 Å². The predicted octanol–water partition coefficient (Wildman–Crippen LogP) is 3.72. The molecule has 0 unspecified atom stereocenters. The van der Waals surface area contributed by atoms with Crippen molar-refractivity contribution in [2.24, 2.45) is 0 Å². The van der Waals surface area contributed by atoms with Gasteiger partial charge in [0.2, 0.25) is 0 Å². The molecule has 1 aromatic carbocycles. The number of likely N-dealkylation sites (tertiary alicyclic amines) is 1. The molecule has 0 radical (unpaired) electrons. The topological polar surface area (TPSA) is 23.5 Å². The fourth-order valence-corrected chi connectivity index (χ4v) is 3.06. The van der Waals surface area contributed by atoms with Crippen molar-refractivity contribution in [3.8, 4) is 0 Å². The SMILES string of the molecule is CCCCc1ccc(C2(O)CCN(C(C)C)CC2)cc1.